The fraction of sp³-hybridized carbons (Fsp3) is 0.786. The summed E-state index contributed by atoms with van der Waals surface area (Å²) in [5, 5.41) is 11.7. The van der Waals surface area contributed by atoms with Crippen LogP contribution in [-0.4, -0.2) is 70.3 Å². The van der Waals surface area contributed by atoms with Crippen molar-refractivity contribution in [2.24, 2.45) is 0 Å². The first-order valence-electron chi connectivity index (χ1n) is 7.26. The van der Waals surface area contributed by atoms with E-state index in [0.29, 0.717) is 0 Å². The van der Waals surface area contributed by atoms with E-state index >= 15 is 0 Å². The van der Waals surface area contributed by atoms with Crippen molar-refractivity contribution >= 4 is 18.1 Å². The summed E-state index contributed by atoms with van der Waals surface area (Å²) in [5.41, 5.74) is -0.618. The molecule has 0 saturated carbocycles. The number of hydrogen-bond donors (Lipinski definition) is 2. The van der Waals surface area contributed by atoms with Gasteiger partial charge in [-0.1, -0.05) is 0 Å². The highest BCUT2D eigenvalue weighted by molar-refractivity contribution is 5.83. The number of piperazine rings is 1. The molecule has 1 rings (SSSR count). The molecule has 2 N–H and O–H groups in total. The number of ether oxygens (including phenoxy) is 1. The predicted octanol–water partition coefficient (Wildman–Crippen LogP) is 1.11. The van der Waals surface area contributed by atoms with E-state index in [-0.39, 0.29) is 31.6 Å². The minimum Gasteiger partial charge on any atom is -0.465 e. The summed E-state index contributed by atoms with van der Waals surface area (Å²) in [6.45, 7) is 9.16. The topological polar surface area (TPSA) is 99.2 Å². The van der Waals surface area contributed by atoms with Gasteiger partial charge in [0.25, 0.3) is 0 Å². The first-order valence-corrected chi connectivity index (χ1v) is 7.26. The van der Waals surface area contributed by atoms with Crippen LogP contribution in [0.2, 0.25) is 0 Å². The molecular weight excluding hydrogens is 290 g/mol. The van der Waals surface area contributed by atoms with Gasteiger partial charge < -0.3 is 20.1 Å². The molecule has 1 aliphatic heterocycles. The number of carboxylic acid groups (broad SMARTS) is 1. The molecule has 1 aliphatic rings. The van der Waals surface area contributed by atoms with Gasteiger partial charge in [-0.25, -0.2) is 9.59 Å². The summed E-state index contributed by atoms with van der Waals surface area (Å²) in [6, 6.07) is -0.584. The second-order valence-corrected chi connectivity index (χ2v) is 6.65. The lowest BCUT2D eigenvalue weighted by Crippen LogP contribution is -2.60. The van der Waals surface area contributed by atoms with Gasteiger partial charge in [-0.15, -0.1) is 0 Å². The van der Waals surface area contributed by atoms with Crippen LogP contribution in [0.5, 0.6) is 0 Å². The van der Waals surface area contributed by atoms with E-state index in [9.17, 15) is 14.4 Å². The van der Waals surface area contributed by atoms with Crippen LogP contribution in [0.4, 0.5) is 9.59 Å². The van der Waals surface area contributed by atoms with E-state index in [2.05, 4.69) is 5.32 Å². The summed E-state index contributed by atoms with van der Waals surface area (Å²) >= 11 is 0. The van der Waals surface area contributed by atoms with Crippen LogP contribution >= 0.6 is 0 Å². The molecule has 1 fully saturated rings. The third-order valence-corrected chi connectivity index (χ3v) is 3.08. The van der Waals surface area contributed by atoms with Gasteiger partial charge in [-0.3, -0.25) is 9.69 Å². The SMILES string of the molecule is CC(C)N(C[C@@H]1CN(C(=O)O)CC(=O)N1)C(=O)OC(C)(C)C. The number of nitrogens with one attached hydrogen (secondary N) is 1. The van der Waals surface area contributed by atoms with Crippen molar-refractivity contribution in [3.05, 3.63) is 0 Å². The van der Waals surface area contributed by atoms with Crippen LogP contribution in [0.1, 0.15) is 34.6 Å². The Bertz CT molecular complexity index is 444. The maximum absolute atomic E-state index is 12.2. The van der Waals surface area contributed by atoms with Gasteiger partial charge in [-0.2, -0.15) is 0 Å². The Balaban J connectivity index is 2.76. The molecule has 1 heterocycles. The van der Waals surface area contributed by atoms with Crippen molar-refractivity contribution in [2.75, 3.05) is 19.6 Å². The maximum atomic E-state index is 12.2. The molecule has 0 unspecified atom stereocenters. The number of carbonyl (C=O) groups is 3. The Morgan fingerprint density at radius 2 is 2.05 bits per heavy atom. The number of nitrogens with zero attached hydrogens (tertiary/aromatic N) is 2. The second-order valence-electron chi connectivity index (χ2n) is 6.65. The summed E-state index contributed by atoms with van der Waals surface area (Å²) in [4.78, 5) is 37.4. The third kappa shape index (κ3) is 5.42. The van der Waals surface area contributed by atoms with Crippen LogP contribution < -0.4 is 5.32 Å². The van der Waals surface area contributed by atoms with E-state index in [0.717, 1.165) is 4.90 Å². The number of hydrogen-bond acceptors (Lipinski definition) is 4. The van der Waals surface area contributed by atoms with Gasteiger partial charge in [0, 0.05) is 19.1 Å². The molecule has 0 spiro atoms. The number of carbonyl (C=O) groups excluding carboxylic acids is 2. The standard InChI is InChI=1S/C14H25N3O5/c1-9(2)17(13(21)22-14(3,4)5)7-10-6-16(12(19)20)8-11(18)15-10/h9-10H,6-8H2,1-5H3,(H,15,18)(H,19,20)/t10-/m0/s1. The number of amides is 3. The molecule has 1 saturated heterocycles. The van der Waals surface area contributed by atoms with Gasteiger partial charge in [0.05, 0.1) is 6.04 Å². The maximum Gasteiger partial charge on any atom is 0.410 e. The highest BCUT2D eigenvalue weighted by atomic mass is 16.6. The summed E-state index contributed by atoms with van der Waals surface area (Å²) in [5.74, 6) is -0.369. The molecule has 126 valence electrons. The van der Waals surface area contributed by atoms with E-state index < -0.39 is 23.8 Å². The molecule has 8 heteroatoms. The molecule has 8 nitrogen and oxygen atoms in total. The zero-order valence-corrected chi connectivity index (χ0v) is 13.8. The monoisotopic (exact) mass is 315 g/mol. The van der Waals surface area contributed by atoms with Crippen molar-refractivity contribution in [3.8, 4) is 0 Å². The van der Waals surface area contributed by atoms with Crippen molar-refractivity contribution in [2.45, 2.75) is 52.3 Å². The quantitative estimate of drug-likeness (QED) is 0.813. The fourth-order valence-electron chi connectivity index (χ4n) is 2.13. The Kier molecular flexibility index (Phi) is 5.62. The normalized spacial score (nSPS) is 18.9. The average Bonchev–Trinajstić information content (AvgIpc) is 2.32. The van der Waals surface area contributed by atoms with Gasteiger partial charge in [0.15, 0.2) is 0 Å². The Morgan fingerprint density at radius 1 is 1.45 bits per heavy atom. The number of rotatable bonds is 3. The van der Waals surface area contributed by atoms with Crippen LogP contribution in [0.25, 0.3) is 0 Å². The van der Waals surface area contributed by atoms with Gasteiger partial charge in [0.2, 0.25) is 5.91 Å². The molecule has 0 aromatic carbocycles. The zero-order chi connectivity index (χ0) is 17.1. The van der Waals surface area contributed by atoms with Gasteiger partial charge in [0.1, 0.15) is 12.1 Å². The highest BCUT2D eigenvalue weighted by Gasteiger charge is 2.32. The first-order chi connectivity index (χ1) is 9.99. The van der Waals surface area contributed by atoms with E-state index in [4.69, 9.17) is 9.84 Å². The van der Waals surface area contributed by atoms with Crippen molar-refractivity contribution in [1.82, 2.24) is 15.1 Å². The van der Waals surface area contributed by atoms with Crippen LogP contribution in [0.3, 0.4) is 0 Å². The van der Waals surface area contributed by atoms with E-state index in [1.807, 2.05) is 13.8 Å². The molecule has 0 aliphatic carbocycles. The van der Waals surface area contributed by atoms with Gasteiger partial charge in [-0.05, 0) is 34.6 Å². The van der Waals surface area contributed by atoms with Crippen molar-refractivity contribution < 1.29 is 24.2 Å². The van der Waals surface area contributed by atoms with E-state index in [1.54, 1.807) is 20.8 Å². The van der Waals surface area contributed by atoms with Crippen molar-refractivity contribution in [1.29, 1.82) is 0 Å². The van der Waals surface area contributed by atoms with Crippen LogP contribution in [0.15, 0.2) is 0 Å². The zero-order valence-electron chi connectivity index (χ0n) is 13.8. The lowest BCUT2D eigenvalue weighted by atomic mass is 10.1. The minimum atomic E-state index is -1.15. The lowest BCUT2D eigenvalue weighted by molar-refractivity contribution is -0.125. The Morgan fingerprint density at radius 3 is 2.50 bits per heavy atom. The lowest BCUT2D eigenvalue weighted by Gasteiger charge is -2.36. The summed E-state index contributed by atoms with van der Waals surface area (Å²) in [7, 11) is 0. The predicted molar refractivity (Wildman–Crippen MR) is 79.6 cm³/mol. The first kappa shape index (κ1) is 18.1. The second kappa shape index (κ2) is 6.85. The molecule has 0 aromatic heterocycles. The largest absolute Gasteiger partial charge is 0.465 e. The average molecular weight is 315 g/mol. The van der Waals surface area contributed by atoms with Gasteiger partial charge >= 0.3 is 12.2 Å². The smallest absolute Gasteiger partial charge is 0.410 e. The third-order valence-electron chi connectivity index (χ3n) is 3.08. The minimum absolute atomic E-state index is 0.132. The van der Waals surface area contributed by atoms with Crippen molar-refractivity contribution in [3.63, 3.8) is 0 Å². The molecule has 22 heavy (non-hydrogen) atoms. The molecule has 0 bridgehead atoms. The van der Waals surface area contributed by atoms with E-state index in [1.165, 1.54) is 4.90 Å². The fourth-order valence-corrected chi connectivity index (χ4v) is 2.13. The molecule has 0 radical (unpaired) electrons. The summed E-state index contributed by atoms with van der Waals surface area (Å²) < 4.78 is 5.35. The summed E-state index contributed by atoms with van der Waals surface area (Å²) in [6.07, 6.45) is -1.63. The van der Waals surface area contributed by atoms with Crippen LogP contribution in [0, 0.1) is 0 Å². The molecular formula is C14H25N3O5. The van der Waals surface area contributed by atoms with Crippen LogP contribution in [-0.2, 0) is 9.53 Å². The highest BCUT2D eigenvalue weighted by Crippen LogP contribution is 2.13. The Hall–Kier alpha value is -1.99. The molecule has 3 amide bonds. The molecule has 1 atom stereocenters. The molecule has 0 aromatic rings. The Labute approximate surface area is 130 Å².